The number of piperidine rings is 1. The molecule has 0 bridgehead atoms. The van der Waals surface area contributed by atoms with E-state index in [4.69, 9.17) is 0 Å². The minimum Gasteiger partial charge on any atom is -0.310 e. The highest BCUT2D eigenvalue weighted by atomic mass is 32.2. The normalized spacial score (nSPS) is 25.6. The summed E-state index contributed by atoms with van der Waals surface area (Å²) in [5.74, 6) is 0. The fourth-order valence-corrected chi connectivity index (χ4v) is 3.21. The summed E-state index contributed by atoms with van der Waals surface area (Å²) < 4.78 is 24.5. The Bertz CT molecular complexity index is 303. The van der Waals surface area contributed by atoms with Crippen LogP contribution in [0.3, 0.4) is 0 Å². The number of rotatable bonds is 5. The van der Waals surface area contributed by atoms with Crippen molar-refractivity contribution in [1.29, 1.82) is 0 Å². The van der Waals surface area contributed by atoms with E-state index in [1.807, 2.05) is 0 Å². The van der Waals surface area contributed by atoms with Gasteiger partial charge < -0.3 is 5.32 Å². The first-order chi connectivity index (χ1) is 7.43. The third-order valence-electron chi connectivity index (χ3n) is 3.10. The van der Waals surface area contributed by atoms with Crippen molar-refractivity contribution in [1.82, 2.24) is 9.62 Å². The van der Waals surface area contributed by atoms with Crippen LogP contribution in [0.15, 0.2) is 0 Å². The summed E-state index contributed by atoms with van der Waals surface area (Å²) in [7, 11) is -3.01. The molecule has 0 aromatic rings. The van der Waals surface area contributed by atoms with Crippen molar-refractivity contribution in [2.45, 2.75) is 51.6 Å². The molecule has 5 heteroatoms. The van der Waals surface area contributed by atoms with Gasteiger partial charge in [-0.3, -0.25) is 0 Å². The highest BCUT2D eigenvalue weighted by Gasteiger charge is 2.26. The van der Waals surface area contributed by atoms with Crippen molar-refractivity contribution < 1.29 is 8.42 Å². The summed E-state index contributed by atoms with van der Waals surface area (Å²) in [6, 6.07) is 0.805. The first-order valence-electron chi connectivity index (χ1n) is 6.14. The van der Waals surface area contributed by atoms with Crippen molar-refractivity contribution in [3.8, 4) is 0 Å². The second-order valence-electron chi connectivity index (χ2n) is 4.82. The molecule has 1 aliphatic heterocycles. The lowest BCUT2D eigenvalue weighted by Crippen LogP contribution is -2.49. The lowest BCUT2D eigenvalue weighted by Gasteiger charge is -2.33. The van der Waals surface area contributed by atoms with E-state index in [-0.39, 0.29) is 0 Å². The predicted molar refractivity (Wildman–Crippen MR) is 66.9 cm³/mol. The molecule has 2 unspecified atom stereocenters. The Morgan fingerprint density at radius 3 is 2.75 bits per heavy atom. The quantitative estimate of drug-likeness (QED) is 0.795. The van der Waals surface area contributed by atoms with Crippen LogP contribution in [0.2, 0.25) is 0 Å². The second-order valence-corrected chi connectivity index (χ2v) is 6.80. The van der Waals surface area contributed by atoms with Gasteiger partial charge in [0.25, 0.3) is 0 Å². The number of nitrogens with zero attached hydrogens (tertiary/aromatic N) is 1. The van der Waals surface area contributed by atoms with Gasteiger partial charge in [-0.1, -0.05) is 13.3 Å². The molecule has 1 saturated heterocycles. The number of sulfonamides is 1. The summed E-state index contributed by atoms with van der Waals surface area (Å²) in [6.45, 7) is 5.65. The first-order valence-corrected chi connectivity index (χ1v) is 7.99. The summed E-state index contributed by atoms with van der Waals surface area (Å²) in [4.78, 5) is 0. The average molecular weight is 248 g/mol. The fraction of sp³-hybridized carbons (Fsp3) is 1.00. The van der Waals surface area contributed by atoms with Crippen molar-refractivity contribution in [2.75, 3.05) is 19.3 Å². The summed E-state index contributed by atoms with van der Waals surface area (Å²) in [6.07, 6.45) is 5.65. The van der Waals surface area contributed by atoms with Gasteiger partial charge in [0.2, 0.25) is 10.0 Å². The highest BCUT2D eigenvalue weighted by Crippen LogP contribution is 2.14. The largest absolute Gasteiger partial charge is 0.310 e. The molecule has 0 aromatic heterocycles. The summed E-state index contributed by atoms with van der Waals surface area (Å²) in [5.41, 5.74) is 0. The lowest BCUT2D eigenvalue weighted by atomic mass is 10.1. The van der Waals surface area contributed by atoms with Crippen LogP contribution in [0.5, 0.6) is 0 Å². The predicted octanol–water partition coefficient (Wildman–Crippen LogP) is 1.19. The van der Waals surface area contributed by atoms with Crippen LogP contribution in [0.4, 0.5) is 0 Å². The number of hydrogen-bond donors (Lipinski definition) is 1. The molecule has 1 N–H and O–H groups in total. The standard InChI is InChI=1S/C11H24N2O2S/c1-4-6-10(2)12-11-7-5-8-13(9-11)16(3,14)15/h10-12H,4-9H2,1-3H3. The van der Waals surface area contributed by atoms with Gasteiger partial charge in [0.1, 0.15) is 0 Å². The van der Waals surface area contributed by atoms with Gasteiger partial charge in [-0.2, -0.15) is 0 Å². The maximum atomic E-state index is 11.4. The zero-order chi connectivity index (χ0) is 12.2. The molecule has 0 spiro atoms. The monoisotopic (exact) mass is 248 g/mol. The molecule has 1 rings (SSSR count). The number of hydrogen-bond acceptors (Lipinski definition) is 3. The maximum absolute atomic E-state index is 11.4. The molecule has 16 heavy (non-hydrogen) atoms. The van der Waals surface area contributed by atoms with E-state index in [0.29, 0.717) is 25.2 Å². The Labute approximate surface area is 99.5 Å². The molecule has 1 aliphatic rings. The number of nitrogens with one attached hydrogen (secondary N) is 1. The minimum absolute atomic E-state index is 0.324. The van der Waals surface area contributed by atoms with Gasteiger partial charge in [0.15, 0.2) is 0 Å². The van der Waals surface area contributed by atoms with E-state index >= 15 is 0 Å². The van der Waals surface area contributed by atoms with E-state index < -0.39 is 10.0 Å². The fourth-order valence-electron chi connectivity index (χ4n) is 2.30. The zero-order valence-electron chi connectivity index (χ0n) is 10.6. The Morgan fingerprint density at radius 2 is 2.19 bits per heavy atom. The van der Waals surface area contributed by atoms with Gasteiger partial charge in [-0.05, 0) is 26.2 Å². The Kier molecular flexibility index (Phi) is 5.21. The van der Waals surface area contributed by atoms with Gasteiger partial charge in [0, 0.05) is 25.2 Å². The van der Waals surface area contributed by atoms with Crippen LogP contribution in [-0.4, -0.2) is 44.2 Å². The molecule has 0 aromatic carbocycles. The van der Waals surface area contributed by atoms with Crippen LogP contribution >= 0.6 is 0 Å². The van der Waals surface area contributed by atoms with E-state index in [9.17, 15) is 8.42 Å². The molecule has 0 aliphatic carbocycles. The van der Waals surface area contributed by atoms with Crippen molar-refractivity contribution in [3.63, 3.8) is 0 Å². The van der Waals surface area contributed by atoms with Crippen LogP contribution in [0.25, 0.3) is 0 Å². The van der Waals surface area contributed by atoms with Gasteiger partial charge in [-0.15, -0.1) is 0 Å². The smallest absolute Gasteiger partial charge is 0.211 e. The van der Waals surface area contributed by atoms with E-state index in [0.717, 1.165) is 25.7 Å². The summed E-state index contributed by atoms with van der Waals surface area (Å²) in [5, 5.41) is 3.52. The Hall–Kier alpha value is -0.130. The maximum Gasteiger partial charge on any atom is 0.211 e. The van der Waals surface area contributed by atoms with Crippen LogP contribution < -0.4 is 5.32 Å². The van der Waals surface area contributed by atoms with Crippen LogP contribution in [0, 0.1) is 0 Å². The van der Waals surface area contributed by atoms with E-state index in [1.54, 1.807) is 4.31 Å². The molecule has 2 atom stereocenters. The third-order valence-corrected chi connectivity index (χ3v) is 4.36. The third kappa shape index (κ3) is 4.39. The average Bonchev–Trinajstić information content (AvgIpc) is 2.17. The van der Waals surface area contributed by atoms with E-state index in [2.05, 4.69) is 19.2 Å². The van der Waals surface area contributed by atoms with E-state index in [1.165, 1.54) is 6.26 Å². The zero-order valence-corrected chi connectivity index (χ0v) is 11.4. The Balaban J connectivity index is 2.45. The van der Waals surface area contributed by atoms with Crippen LogP contribution in [0.1, 0.15) is 39.5 Å². The molecule has 1 fully saturated rings. The SMILES string of the molecule is CCCC(C)NC1CCCN(S(C)(=O)=O)C1. The molecule has 96 valence electrons. The molecule has 0 amide bonds. The minimum atomic E-state index is -3.01. The topological polar surface area (TPSA) is 49.4 Å². The molecular weight excluding hydrogens is 224 g/mol. The molecular formula is C11H24N2O2S. The molecule has 4 nitrogen and oxygen atoms in total. The van der Waals surface area contributed by atoms with Gasteiger partial charge in [-0.25, -0.2) is 12.7 Å². The second kappa shape index (κ2) is 5.98. The van der Waals surface area contributed by atoms with Crippen molar-refractivity contribution in [3.05, 3.63) is 0 Å². The van der Waals surface area contributed by atoms with Crippen molar-refractivity contribution in [2.24, 2.45) is 0 Å². The summed E-state index contributed by atoms with van der Waals surface area (Å²) >= 11 is 0. The molecule has 0 saturated carbocycles. The first kappa shape index (κ1) is 13.9. The molecule has 1 heterocycles. The van der Waals surface area contributed by atoms with Crippen molar-refractivity contribution >= 4 is 10.0 Å². The van der Waals surface area contributed by atoms with Crippen LogP contribution in [-0.2, 0) is 10.0 Å². The lowest BCUT2D eigenvalue weighted by molar-refractivity contribution is 0.267. The highest BCUT2D eigenvalue weighted by molar-refractivity contribution is 7.88. The van der Waals surface area contributed by atoms with Gasteiger partial charge >= 0.3 is 0 Å². The Morgan fingerprint density at radius 1 is 1.50 bits per heavy atom. The van der Waals surface area contributed by atoms with Gasteiger partial charge in [0.05, 0.1) is 6.26 Å². The molecule has 0 radical (unpaired) electrons.